The second-order valence-electron chi connectivity index (χ2n) is 7.95. The quantitative estimate of drug-likeness (QED) is 0.383. The summed E-state index contributed by atoms with van der Waals surface area (Å²) in [6.07, 6.45) is 1.38. The first kappa shape index (κ1) is 24.2. The number of carboxylic acids is 1. The number of hydrogen-bond acceptors (Lipinski definition) is 6. The normalized spacial score (nSPS) is 14.6. The van der Waals surface area contributed by atoms with Crippen LogP contribution in [0.1, 0.15) is 27.0 Å². The number of methoxy groups -OCH3 is 1. The maximum absolute atomic E-state index is 13.1. The van der Waals surface area contributed by atoms with Crippen molar-refractivity contribution in [3.8, 4) is 11.5 Å². The fourth-order valence-corrected chi connectivity index (χ4v) is 3.66. The molecule has 4 amide bonds. The largest absolute Gasteiger partial charge is 0.493 e. The average Bonchev–Trinajstić information content (AvgIpc) is 2.86. The Morgan fingerprint density at radius 2 is 1.72 bits per heavy atom. The minimum Gasteiger partial charge on any atom is -0.493 e. The molecule has 1 heterocycles. The minimum absolute atomic E-state index is 0.172. The zero-order valence-corrected chi connectivity index (χ0v) is 19.5. The van der Waals surface area contributed by atoms with Gasteiger partial charge in [-0.25, -0.2) is 14.5 Å². The first-order valence-electron chi connectivity index (χ1n) is 10.9. The van der Waals surface area contributed by atoms with Crippen LogP contribution >= 0.6 is 0 Å². The smallest absolute Gasteiger partial charge is 0.335 e. The van der Waals surface area contributed by atoms with E-state index in [1.165, 1.54) is 25.3 Å². The van der Waals surface area contributed by atoms with Gasteiger partial charge in [0.15, 0.2) is 11.5 Å². The highest BCUT2D eigenvalue weighted by atomic mass is 16.5. The molecule has 9 nitrogen and oxygen atoms in total. The number of rotatable bonds is 7. The van der Waals surface area contributed by atoms with Gasteiger partial charge in [0, 0.05) is 0 Å². The van der Waals surface area contributed by atoms with E-state index in [9.17, 15) is 19.2 Å². The highest BCUT2D eigenvalue weighted by Crippen LogP contribution is 2.31. The van der Waals surface area contributed by atoms with E-state index in [4.69, 9.17) is 14.6 Å². The summed E-state index contributed by atoms with van der Waals surface area (Å²) in [5.41, 5.74) is 2.32. The number of carbonyl (C=O) groups excluding carboxylic acids is 3. The Kier molecular flexibility index (Phi) is 6.82. The number of para-hydroxylation sites is 1. The Bertz CT molecular complexity index is 1390. The minimum atomic E-state index is -1.01. The molecule has 36 heavy (non-hydrogen) atoms. The predicted octanol–water partition coefficient (Wildman–Crippen LogP) is 3.95. The maximum atomic E-state index is 13.1. The molecule has 2 N–H and O–H groups in total. The van der Waals surface area contributed by atoms with Gasteiger partial charge in [0.1, 0.15) is 12.2 Å². The monoisotopic (exact) mass is 486 g/mol. The van der Waals surface area contributed by atoms with Crippen molar-refractivity contribution in [3.05, 3.63) is 94.6 Å². The molecule has 9 heteroatoms. The fraction of sp³-hybridized carbons (Fsp3) is 0.111. The summed E-state index contributed by atoms with van der Waals surface area (Å²) in [5, 5.41) is 11.2. The number of aryl methyl sites for hydroxylation is 1. The number of carbonyl (C=O) groups is 4. The number of amides is 4. The Morgan fingerprint density at radius 1 is 1.00 bits per heavy atom. The van der Waals surface area contributed by atoms with Crippen LogP contribution in [0.15, 0.2) is 72.3 Å². The summed E-state index contributed by atoms with van der Waals surface area (Å²) in [4.78, 5) is 50.0. The van der Waals surface area contributed by atoms with Crippen molar-refractivity contribution in [2.45, 2.75) is 13.5 Å². The number of anilines is 1. The van der Waals surface area contributed by atoms with Gasteiger partial charge in [0.2, 0.25) is 0 Å². The molecule has 3 aromatic rings. The van der Waals surface area contributed by atoms with Crippen molar-refractivity contribution in [1.29, 1.82) is 0 Å². The first-order chi connectivity index (χ1) is 17.3. The lowest BCUT2D eigenvalue weighted by molar-refractivity contribution is -0.122. The summed E-state index contributed by atoms with van der Waals surface area (Å²) in [5.74, 6) is -1.76. The van der Waals surface area contributed by atoms with Crippen LogP contribution in [-0.4, -0.2) is 36.0 Å². The van der Waals surface area contributed by atoms with Gasteiger partial charge in [-0.15, -0.1) is 0 Å². The van der Waals surface area contributed by atoms with Crippen LogP contribution in [0, 0.1) is 6.92 Å². The number of imide groups is 2. The molecule has 1 aliphatic heterocycles. The molecule has 1 fully saturated rings. The molecule has 0 aromatic heterocycles. The molecule has 0 spiro atoms. The second kappa shape index (κ2) is 10.1. The Balaban J connectivity index is 1.57. The van der Waals surface area contributed by atoms with Gasteiger partial charge in [0.05, 0.1) is 18.4 Å². The van der Waals surface area contributed by atoms with Gasteiger partial charge in [0.25, 0.3) is 11.8 Å². The van der Waals surface area contributed by atoms with E-state index >= 15 is 0 Å². The van der Waals surface area contributed by atoms with E-state index in [0.29, 0.717) is 28.3 Å². The molecule has 0 aliphatic carbocycles. The van der Waals surface area contributed by atoms with Crippen molar-refractivity contribution in [2.75, 3.05) is 12.0 Å². The fourth-order valence-electron chi connectivity index (χ4n) is 3.66. The van der Waals surface area contributed by atoms with Gasteiger partial charge in [-0.2, -0.15) is 0 Å². The number of aromatic carboxylic acids is 1. The summed E-state index contributed by atoms with van der Waals surface area (Å²) in [7, 11) is 1.46. The number of barbiturate groups is 1. The molecule has 4 rings (SSSR count). The molecule has 0 bridgehead atoms. The third kappa shape index (κ3) is 4.95. The van der Waals surface area contributed by atoms with Gasteiger partial charge in [-0.3, -0.25) is 14.9 Å². The van der Waals surface area contributed by atoms with Crippen molar-refractivity contribution in [2.24, 2.45) is 0 Å². The van der Waals surface area contributed by atoms with Gasteiger partial charge in [-0.1, -0.05) is 36.4 Å². The lowest BCUT2D eigenvalue weighted by atomic mass is 10.1. The number of nitrogens with zero attached hydrogens (tertiary/aromatic N) is 1. The standard InChI is InChI=1S/C27H22N2O7/c1-16-5-3-4-6-21(16)29-25(31)20(24(30)28-27(29)34)13-18-9-12-22(23(14-18)35-2)36-15-17-7-10-19(11-8-17)26(32)33/h3-14H,15H2,1-2H3,(H,32,33)(H,28,30,34)/b20-13-. The average molecular weight is 486 g/mol. The Labute approximate surface area is 206 Å². The van der Waals surface area contributed by atoms with Gasteiger partial charge in [-0.05, 0) is 60.0 Å². The van der Waals surface area contributed by atoms with Crippen molar-refractivity contribution < 1.29 is 33.8 Å². The van der Waals surface area contributed by atoms with Crippen molar-refractivity contribution in [3.63, 3.8) is 0 Å². The van der Waals surface area contributed by atoms with Crippen LogP contribution in [0.4, 0.5) is 10.5 Å². The lowest BCUT2D eigenvalue weighted by Crippen LogP contribution is -2.54. The number of urea groups is 1. The van der Waals surface area contributed by atoms with Crippen LogP contribution < -0.4 is 19.7 Å². The summed E-state index contributed by atoms with van der Waals surface area (Å²) in [6, 6.07) is 17.2. The number of nitrogens with one attached hydrogen (secondary N) is 1. The third-order valence-electron chi connectivity index (χ3n) is 5.55. The third-order valence-corrected chi connectivity index (χ3v) is 5.55. The Hall–Kier alpha value is -4.92. The van der Waals surface area contributed by atoms with Crippen molar-refractivity contribution in [1.82, 2.24) is 5.32 Å². The molecule has 0 unspecified atom stereocenters. The number of carboxylic acid groups (broad SMARTS) is 1. The maximum Gasteiger partial charge on any atom is 0.335 e. The van der Waals surface area contributed by atoms with Gasteiger partial charge < -0.3 is 14.6 Å². The SMILES string of the molecule is COc1cc(/C=C2/C(=O)NC(=O)N(c3ccccc3C)C2=O)ccc1OCc1ccc(C(=O)O)cc1. The number of ether oxygens (including phenoxy) is 2. The van der Waals surface area contributed by atoms with Crippen molar-refractivity contribution >= 4 is 35.6 Å². The molecule has 3 aromatic carbocycles. The zero-order valence-electron chi connectivity index (χ0n) is 19.5. The van der Waals surface area contributed by atoms with E-state index in [1.807, 2.05) is 0 Å². The highest BCUT2D eigenvalue weighted by Gasteiger charge is 2.37. The van der Waals surface area contributed by atoms with Gasteiger partial charge >= 0.3 is 12.0 Å². The molecule has 1 aliphatic rings. The first-order valence-corrected chi connectivity index (χ1v) is 10.9. The summed E-state index contributed by atoms with van der Waals surface area (Å²) >= 11 is 0. The van der Waals surface area contributed by atoms with Crippen LogP contribution in [-0.2, 0) is 16.2 Å². The van der Waals surface area contributed by atoms with E-state index in [1.54, 1.807) is 61.5 Å². The molecular weight excluding hydrogens is 464 g/mol. The van der Waals surface area contributed by atoms with E-state index in [2.05, 4.69) is 5.32 Å². The van der Waals surface area contributed by atoms with Crippen LogP contribution in [0.25, 0.3) is 6.08 Å². The molecule has 0 saturated carbocycles. The lowest BCUT2D eigenvalue weighted by Gasteiger charge is -2.27. The summed E-state index contributed by atoms with van der Waals surface area (Å²) in [6.45, 7) is 1.94. The zero-order chi connectivity index (χ0) is 25.8. The predicted molar refractivity (Wildman–Crippen MR) is 131 cm³/mol. The molecule has 1 saturated heterocycles. The molecule has 0 atom stereocenters. The second-order valence-corrected chi connectivity index (χ2v) is 7.95. The van der Waals surface area contributed by atoms with Crippen LogP contribution in [0.3, 0.4) is 0 Å². The molecule has 182 valence electrons. The van der Waals surface area contributed by atoms with E-state index in [0.717, 1.165) is 10.5 Å². The summed E-state index contributed by atoms with van der Waals surface area (Å²) < 4.78 is 11.2. The molecular formula is C27H22N2O7. The number of benzene rings is 3. The highest BCUT2D eigenvalue weighted by molar-refractivity contribution is 6.39. The van der Waals surface area contributed by atoms with Crippen LogP contribution in [0.5, 0.6) is 11.5 Å². The molecule has 0 radical (unpaired) electrons. The number of hydrogen-bond donors (Lipinski definition) is 2. The topological polar surface area (TPSA) is 122 Å². The van der Waals surface area contributed by atoms with Crippen LogP contribution in [0.2, 0.25) is 0 Å². The Morgan fingerprint density at radius 3 is 2.39 bits per heavy atom. The van der Waals surface area contributed by atoms with E-state index in [-0.39, 0.29) is 17.7 Å². The van der Waals surface area contributed by atoms with E-state index < -0.39 is 23.8 Å².